The SMILES string of the molecule is COc1ccc(CCNC(N)=NCc2cccc(C(=O)NCc3ccco3)c2)cc1OC.I. The van der Waals surface area contributed by atoms with Crippen LogP contribution in [0.2, 0.25) is 0 Å². The highest BCUT2D eigenvalue weighted by molar-refractivity contribution is 14.0. The first-order valence-electron chi connectivity index (χ1n) is 10.2. The number of halogens is 1. The molecule has 176 valence electrons. The molecule has 0 unspecified atom stereocenters. The highest BCUT2D eigenvalue weighted by Crippen LogP contribution is 2.27. The van der Waals surface area contributed by atoms with E-state index >= 15 is 0 Å². The zero-order valence-corrected chi connectivity index (χ0v) is 21.0. The summed E-state index contributed by atoms with van der Waals surface area (Å²) in [7, 11) is 3.22. The third-order valence-electron chi connectivity index (χ3n) is 4.79. The van der Waals surface area contributed by atoms with E-state index in [2.05, 4.69) is 15.6 Å². The first-order valence-corrected chi connectivity index (χ1v) is 10.2. The minimum Gasteiger partial charge on any atom is -0.493 e. The molecule has 0 saturated heterocycles. The molecule has 33 heavy (non-hydrogen) atoms. The summed E-state index contributed by atoms with van der Waals surface area (Å²) in [5.74, 6) is 2.26. The van der Waals surface area contributed by atoms with Crippen molar-refractivity contribution in [2.45, 2.75) is 19.5 Å². The van der Waals surface area contributed by atoms with Gasteiger partial charge in [0.2, 0.25) is 0 Å². The van der Waals surface area contributed by atoms with Gasteiger partial charge in [-0.3, -0.25) is 4.79 Å². The minimum absolute atomic E-state index is 0. The predicted octanol–water partition coefficient (Wildman–Crippen LogP) is 3.49. The average molecular weight is 564 g/mol. The number of amides is 1. The van der Waals surface area contributed by atoms with Crippen LogP contribution in [0, 0.1) is 0 Å². The van der Waals surface area contributed by atoms with E-state index in [1.54, 1.807) is 38.7 Å². The summed E-state index contributed by atoms with van der Waals surface area (Å²) in [6, 6.07) is 16.7. The van der Waals surface area contributed by atoms with Crippen molar-refractivity contribution in [1.82, 2.24) is 10.6 Å². The van der Waals surface area contributed by atoms with Crippen LogP contribution in [0.5, 0.6) is 11.5 Å². The highest BCUT2D eigenvalue weighted by atomic mass is 127. The van der Waals surface area contributed by atoms with E-state index in [1.807, 2.05) is 36.4 Å². The first-order chi connectivity index (χ1) is 15.6. The van der Waals surface area contributed by atoms with Gasteiger partial charge in [0, 0.05) is 12.1 Å². The fraction of sp³-hybridized carbons (Fsp3) is 0.250. The molecule has 2 aromatic carbocycles. The monoisotopic (exact) mass is 564 g/mol. The highest BCUT2D eigenvalue weighted by Gasteiger charge is 2.07. The molecule has 8 nitrogen and oxygen atoms in total. The van der Waals surface area contributed by atoms with Gasteiger partial charge in [0.1, 0.15) is 5.76 Å². The normalized spacial score (nSPS) is 10.8. The van der Waals surface area contributed by atoms with Crippen LogP contribution in [-0.2, 0) is 19.5 Å². The number of furan rings is 1. The van der Waals surface area contributed by atoms with Gasteiger partial charge in [0.25, 0.3) is 5.91 Å². The molecule has 0 fully saturated rings. The topological polar surface area (TPSA) is 111 Å². The number of methoxy groups -OCH3 is 2. The Bertz CT molecular complexity index is 1050. The van der Waals surface area contributed by atoms with Crippen molar-refractivity contribution in [2.75, 3.05) is 20.8 Å². The van der Waals surface area contributed by atoms with Crippen LogP contribution < -0.4 is 25.8 Å². The zero-order valence-electron chi connectivity index (χ0n) is 18.7. The smallest absolute Gasteiger partial charge is 0.251 e. The maximum Gasteiger partial charge on any atom is 0.251 e. The Hall–Kier alpha value is -3.21. The van der Waals surface area contributed by atoms with Gasteiger partial charge < -0.3 is 30.3 Å². The molecule has 0 spiro atoms. The number of hydrogen-bond acceptors (Lipinski definition) is 5. The number of nitrogens with zero attached hydrogens (tertiary/aromatic N) is 1. The number of rotatable bonds is 10. The lowest BCUT2D eigenvalue weighted by molar-refractivity contribution is 0.0948. The molecule has 0 atom stereocenters. The van der Waals surface area contributed by atoms with Crippen molar-refractivity contribution in [3.05, 3.63) is 83.3 Å². The van der Waals surface area contributed by atoms with Crippen LogP contribution in [0.4, 0.5) is 0 Å². The summed E-state index contributed by atoms with van der Waals surface area (Å²) in [6.07, 6.45) is 2.33. The van der Waals surface area contributed by atoms with Gasteiger partial charge in [0.05, 0.1) is 33.6 Å². The van der Waals surface area contributed by atoms with E-state index in [9.17, 15) is 4.79 Å². The van der Waals surface area contributed by atoms with Crippen LogP contribution >= 0.6 is 24.0 Å². The van der Waals surface area contributed by atoms with Crippen LogP contribution in [0.15, 0.2) is 70.3 Å². The fourth-order valence-corrected chi connectivity index (χ4v) is 3.10. The second-order valence-corrected chi connectivity index (χ2v) is 7.03. The van der Waals surface area contributed by atoms with Crippen molar-refractivity contribution >= 4 is 35.8 Å². The van der Waals surface area contributed by atoms with Gasteiger partial charge in [-0.25, -0.2) is 4.99 Å². The summed E-state index contributed by atoms with van der Waals surface area (Å²) >= 11 is 0. The average Bonchev–Trinajstić information content (AvgIpc) is 3.35. The maximum absolute atomic E-state index is 12.3. The van der Waals surface area contributed by atoms with Crippen molar-refractivity contribution in [3.63, 3.8) is 0 Å². The molecular weight excluding hydrogens is 535 g/mol. The summed E-state index contributed by atoms with van der Waals surface area (Å²) < 4.78 is 15.8. The van der Waals surface area contributed by atoms with Gasteiger partial charge in [-0.15, -0.1) is 24.0 Å². The lowest BCUT2D eigenvalue weighted by atomic mass is 10.1. The number of hydrogen-bond donors (Lipinski definition) is 3. The molecule has 0 aliphatic carbocycles. The molecule has 0 radical (unpaired) electrons. The standard InChI is InChI=1S/C24H28N4O4.HI/c1-30-21-9-8-17(14-22(21)31-2)10-11-26-24(25)28-15-18-5-3-6-19(13-18)23(29)27-16-20-7-4-12-32-20;/h3-9,12-14H,10-11,15-16H2,1-2H3,(H,27,29)(H3,25,26,28);1H. The molecule has 0 bridgehead atoms. The molecule has 1 aromatic heterocycles. The molecule has 1 heterocycles. The lowest BCUT2D eigenvalue weighted by Gasteiger charge is -2.10. The quantitative estimate of drug-likeness (QED) is 0.198. The van der Waals surface area contributed by atoms with Crippen molar-refractivity contribution in [2.24, 2.45) is 10.7 Å². The number of benzene rings is 2. The second-order valence-electron chi connectivity index (χ2n) is 7.03. The Morgan fingerprint density at radius 2 is 1.82 bits per heavy atom. The van der Waals surface area contributed by atoms with E-state index in [-0.39, 0.29) is 29.9 Å². The van der Waals surface area contributed by atoms with Crippen LogP contribution in [0.1, 0.15) is 27.2 Å². The van der Waals surface area contributed by atoms with Crippen molar-refractivity contribution < 1.29 is 18.7 Å². The van der Waals surface area contributed by atoms with Crippen LogP contribution in [0.25, 0.3) is 0 Å². The lowest BCUT2D eigenvalue weighted by Crippen LogP contribution is -2.33. The van der Waals surface area contributed by atoms with E-state index in [1.165, 1.54) is 0 Å². The molecular formula is C24H29IN4O4. The second kappa shape index (κ2) is 13.4. The third kappa shape index (κ3) is 8.01. The molecule has 4 N–H and O–H groups in total. The first kappa shape index (κ1) is 26.0. The molecule has 3 rings (SSSR count). The van der Waals surface area contributed by atoms with Gasteiger partial charge in [-0.2, -0.15) is 0 Å². The maximum atomic E-state index is 12.3. The summed E-state index contributed by atoms with van der Waals surface area (Å²) in [5, 5.41) is 5.94. The van der Waals surface area contributed by atoms with E-state index < -0.39 is 0 Å². The number of guanidine groups is 1. The van der Waals surface area contributed by atoms with Gasteiger partial charge >= 0.3 is 0 Å². The molecule has 3 aromatic rings. The Morgan fingerprint density at radius 3 is 2.55 bits per heavy atom. The summed E-state index contributed by atoms with van der Waals surface area (Å²) in [5.41, 5.74) is 8.53. The van der Waals surface area contributed by atoms with Crippen LogP contribution in [-0.4, -0.2) is 32.6 Å². The number of carbonyl (C=O) groups is 1. The van der Waals surface area contributed by atoms with Crippen molar-refractivity contribution in [3.8, 4) is 11.5 Å². The zero-order chi connectivity index (χ0) is 22.8. The number of carbonyl (C=O) groups excluding carboxylic acids is 1. The molecule has 0 saturated carbocycles. The number of nitrogens with one attached hydrogen (secondary N) is 2. The Kier molecular flexibility index (Phi) is 10.5. The van der Waals surface area contributed by atoms with E-state index in [4.69, 9.17) is 19.6 Å². The van der Waals surface area contributed by atoms with E-state index in [0.717, 1.165) is 17.5 Å². The Morgan fingerprint density at radius 1 is 1.00 bits per heavy atom. The van der Waals surface area contributed by atoms with Gasteiger partial charge in [0.15, 0.2) is 17.5 Å². The fourth-order valence-electron chi connectivity index (χ4n) is 3.10. The molecule has 0 aliphatic rings. The summed E-state index contributed by atoms with van der Waals surface area (Å²) in [6.45, 7) is 1.33. The summed E-state index contributed by atoms with van der Waals surface area (Å²) in [4.78, 5) is 16.7. The Balaban J connectivity index is 0.00000385. The van der Waals surface area contributed by atoms with Gasteiger partial charge in [-0.05, 0) is 53.9 Å². The third-order valence-corrected chi connectivity index (χ3v) is 4.79. The van der Waals surface area contributed by atoms with Crippen molar-refractivity contribution in [1.29, 1.82) is 0 Å². The van der Waals surface area contributed by atoms with Crippen LogP contribution in [0.3, 0.4) is 0 Å². The molecule has 9 heteroatoms. The largest absolute Gasteiger partial charge is 0.493 e. The van der Waals surface area contributed by atoms with Gasteiger partial charge in [-0.1, -0.05) is 18.2 Å². The number of ether oxygens (including phenoxy) is 2. The minimum atomic E-state index is -0.173. The predicted molar refractivity (Wildman–Crippen MR) is 138 cm³/mol. The van der Waals surface area contributed by atoms with E-state index in [0.29, 0.717) is 48.4 Å². The number of aliphatic imine (C=N–C) groups is 1. The Labute approximate surface area is 210 Å². The molecule has 1 amide bonds. The number of nitrogens with two attached hydrogens (primary N) is 1. The molecule has 0 aliphatic heterocycles.